The fourth-order valence-electron chi connectivity index (χ4n) is 7.64. The number of piperidine rings is 3. The number of aromatic nitrogens is 1. The Morgan fingerprint density at radius 3 is 2.25 bits per heavy atom. The lowest BCUT2D eigenvalue weighted by Gasteiger charge is -2.43. The van der Waals surface area contributed by atoms with Gasteiger partial charge in [-0.05, 0) is 90.9 Å². The Hall–Kier alpha value is -5.54. The Morgan fingerprint density at radius 2 is 1.63 bits per heavy atom. The van der Waals surface area contributed by atoms with Gasteiger partial charge in [-0.1, -0.05) is 71.7 Å². The number of halogens is 2. The SMILES string of the molecule is COc1ccc([C@H](Cc2c(Cl)c[n+](O)cc2Cl)c2cc(COc3cccc([C@@H](NC(=O)O[C@H]4CN5CCC4CC5)c4ccccc4)c3)sc2C(=O)[O-])cc1OC.O=CO. The maximum Gasteiger partial charge on any atom is 0.408 e. The summed E-state index contributed by atoms with van der Waals surface area (Å²) < 4.78 is 24.1. The number of ether oxygens (including phenoxy) is 4. The molecule has 3 saturated heterocycles. The van der Waals surface area contributed by atoms with Crippen molar-refractivity contribution in [3.05, 3.63) is 139 Å². The molecular weight excluding hydrogens is 821 g/mol. The zero-order valence-corrected chi connectivity index (χ0v) is 34.5. The number of nitrogens with one attached hydrogen (secondary N) is 1. The summed E-state index contributed by atoms with van der Waals surface area (Å²) in [5.74, 6) is -0.0623. The molecule has 5 aromatic rings. The van der Waals surface area contributed by atoms with Gasteiger partial charge in [0.25, 0.3) is 6.47 Å². The summed E-state index contributed by atoms with van der Waals surface area (Å²) in [6.07, 6.45) is 4.28. The van der Waals surface area contributed by atoms with Gasteiger partial charge in [0, 0.05) is 27.6 Å². The Labute approximate surface area is 355 Å². The minimum atomic E-state index is -1.34. The summed E-state index contributed by atoms with van der Waals surface area (Å²) in [4.78, 5) is 37.4. The largest absolute Gasteiger partial charge is 0.544 e. The molecule has 3 aromatic carbocycles. The Balaban J connectivity index is 0.00000189. The molecule has 0 spiro atoms. The molecule has 8 rings (SSSR count). The van der Waals surface area contributed by atoms with E-state index in [9.17, 15) is 19.9 Å². The van der Waals surface area contributed by atoms with Gasteiger partial charge in [-0.3, -0.25) is 14.9 Å². The third-order valence-corrected chi connectivity index (χ3v) is 12.2. The Kier molecular flexibility index (Phi) is 14.6. The number of hydrogen-bond acceptors (Lipinski definition) is 11. The molecule has 59 heavy (non-hydrogen) atoms. The van der Waals surface area contributed by atoms with Crippen molar-refractivity contribution >= 4 is 53.1 Å². The van der Waals surface area contributed by atoms with Crippen LogP contribution in [0.15, 0.2) is 91.3 Å². The van der Waals surface area contributed by atoms with Gasteiger partial charge >= 0.3 is 6.09 Å². The smallest absolute Gasteiger partial charge is 0.408 e. The van der Waals surface area contributed by atoms with Crippen LogP contribution in [-0.2, 0) is 22.6 Å². The minimum Gasteiger partial charge on any atom is -0.544 e. The summed E-state index contributed by atoms with van der Waals surface area (Å²) in [7, 11) is 3.05. The molecule has 3 atom stereocenters. The second-order valence-corrected chi connectivity index (χ2v) is 16.0. The molecule has 0 unspecified atom stereocenters. The summed E-state index contributed by atoms with van der Waals surface area (Å²) >= 11 is 14.2. The van der Waals surface area contributed by atoms with E-state index in [0.29, 0.717) is 44.7 Å². The lowest BCUT2D eigenvalue weighted by atomic mass is 9.85. The van der Waals surface area contributed by atoms with E-state index in [0.717, 1.165) is 59.7 Å². The predicted octanol–water partition coefficient (Wildman–Crippen LogP) is 6.52. The first-order chi connectivity index (χ1) is 28.5. The fourth-order valence-corrected chi connectivity index (χ4v) is 9.21. The quantitative estimate of drug-likeness (QED) is 0.0631. The van der Waals surface area contributed by atoms with Crippen LogP contribution >= 0.6 is 34.5 Å². The van der Waals surface area contributed by atoms with Gasteiger partial charge in [0.2, 0.25) is 12.4 Å². The van der Waals surface area contributed by atoms with E-state index in [4.69, 9.17) is 52.1 Å². The molecule has 310 valence electrons. The highest BCUT2D eigenvalue weighted by atomic mass is 35.5. The molecule has 3 aliphatic rings. The summed E-state index contributed by atoms with van der Waals surface area (Å²) in [5.41, 5.74) is 3.36. The highest BCUT2D eigenvalue weighted by molar-refractivity contribution is 7.14. The number of carbonyl (C=O) groups excluding carboxylic acids is 2. The van der Waals surface area contributed by atoms with E-state index >= 15 is 0 Å². The highest BCUT2D eigenvalue weighted by Crippen LogP contribution is 2.41. The van der Waals surface area contributed by atoms with Gasteiger partial charge in [-0.25, -0.2) is 4.79 Å². The predicted molar refractivity (Wildman–Crippen MR) is 218 cm³/mol. The van der Waals surface area contributed by atoms with Crippen LogP contribution in [0.2, 0.25) is 10.0 Å². The van der Waals surface area contributed by atoms with Crippen LogP contribution in [0.25, 0.3) is 0 Å². The van der Waals surface area contributed by atoms with Crippen molar-refractivity contribution in [3.63, 3.8) is 0 Å². The van der Waals surface area contributed by atoms with Gasteiger partial charge in [0.15, 0.2) is 11.5 Å². The zero-order chi connectivity index (χ0) is 42.1. The minimum absolute atomic E-state index is 0.0207. The molecule has 13 nitrogen and oxygen atoms in total. The van der Waals surface area contributed by atoms with Crippen LogP contribution in [0.1, 0.15) is 67.2 Å². The van der Waals surface area contributed by atoms with Crippen LogP contribution in [-0.4, -0.2) is 73.7 Å². The maximum absolute atomic E-state index is 13.3. The molecule has 2 aromatic heterocycles. The molecule has 1 amide bonds. The number of pyridine rings is 1. The van der Waals surface area contributed by atoms with E-state index < -0.39 is 24.0 Å². The topological polar surface area (TPSA) is 171 Å². The number of rotatable bonds is 14. The number of fused-ring (bicyclic) bond motifs is 3. The van der Waals surface area contributed by atoms with Crippen molar-refractivity contribution < 1.29 is 53.5 Å². The maximum atomic E-state index is 13.3. The summed E-state index contributed by atoms with van der Waals surface area (Å²) in [5, 5.41) is 33.1. The molecule has 3 fully saturated rings. The van der Waals surface area contributed by atoms with E-state index in [1.165, 1.54) is 26.6 Å². The number of carboxylic acids is 1. The second kappa shape index (κ2) is 19.9. The Morgan fingerprint density at radius 1 is 0.949 bits per heavy atom. The van der Waals surface area contributed by atoms with Crippen molar-refractivity contribution in [2.75, 3.05) is 33.9 Å². The first-order valence-corrected chi connectivity index (χ1v) is 20.3. The third-order valence-electron chi connectivity index (χ3n) is 10.5. The lowest BCUT2D eigenvalue weighted by Crippen LogP contribution is -2.52. The van der Waals surface area contributed by atoms with Gasteiger partial charge in [-0.15, -0.1) is 11.3 Å². The highest BCUT2D eigenvalue weighted by Gasteiger charge is 2.37. The molecule has 3 aliphatic heterocycles. The molecule has 5 heterocycles. The molecular formula is C43H43Cl2N3O10S. The monoisotopic (exact) mass is 863 g/mol. The van der Waals surface area contributed by atoms with Crippen LogP contribution in [0.4, 0.5) is 4.79 Å². The summed E-state index contributed by atoms with van der Waals surface area (Å²) in [6, 6.07) is 23.7. The van der Waals surface area contributed by atoms with Crippen molar-refractivity contribution in [1.29, 1.82) is 0 Å². The zero-order valence-electron chi connectivity index (χ0n) is 32.2. The van der Waals surface area contributed by atoms with Crippen molar-refractivity contribution in [2.24, 2.45) is 5.92 Å². The van der Waals surface area contributed by atoms with E-state index in [-0.39, 0.29) is 40.5 Å². The van der Waals surface area contributed by atoms with Gasteiger partial charge in [0.05, 0.1) is 31.1 Å². The molecule has 0 aliphatic carbocycles. The molecule has 2 bridgehead atoms. The number of nitrogens with zero attached hydrogens (tertiary/aromatic N) is 2. The van der Waals surface area contributed by atoms with E-state index in [1.807, 2.05) is 60.7 Å². The number of alkyl carbamates (subject to hydrolysis) is 1. The third kappa shape index (κ3) is 10.6. The van der Waals surface area contributed by atoms with Crippen molar-refractivity contribution in [3.8, 4) is 17.2 Å². The number of methoxy groups -OCH3 is 2. The van der Waals surface area contributed by atoms with Crippen molar-refractivity contribution in [2.45, 2.75) is 43.9 Å². The van der Waals surface area contributed by atoms with Crippen LogP contribution in [0.3, 0.4) is 0 Å². The number of carbonyl (C=O) groups is 3. The Bertz CT molecular complexity index is 2230. The fraction of sp³-hybridized carbons (Fsp3) is 0.302. The normalized spacial score (nSPS) is 17.7. The van der Waals surface area contributed by atoms with Crippen molar-refractivity contribution in [1.82, 2.24) is 10.2 Å². The molecule has 3 N–H and O–H groups in total. The van der Waals surface area contributed by atoms with Crippen LogP contribution < -0.4 is 29.4 Å². The number of benzene rings is 3. The number of amides is 1. The molecule has 0 radical (unpaired) electrons. The summed E-state index contributed by atoms with van der Waals surface area (Å²) in [6.45, 7) is 2.66. The van der Waals surface area contributed by atoms with E-state index in [1.54, 1.807) is 18.2 Å². The number of aromatic carboxylic acids is 1. The van der Waals surface area contributed by atoms with Gasteiger partial charge in [0.1, 0.15) is 28.5 Å². The van der Waals surface area contributed by atoms with Crippen LogP contribution in [0, 0.1) is 5.92 Å². The number of hydrogen-bond donors (Lipinski definition) is 3. The standard InChI is InChI=1S/C42H41Cl2N3O8S.CH2O2/c1-52-36-12-11-27(18-37(36)53-2)31(20-33-34(43)21-47(51)22-35(33)44)32-19-30(56-40(32)41(48)49)24-54-29-10-6-9-28(17-29)39(26-7-4-3-5-8-26)45-42(50)55-38-23-46-15-13-25(38)14-16-46;2-1-3/h3-12,17-19,21-22,25,31,38-39H,13-16,20,23-24H2,1-2H3,(H2-,45,48,49,50,51);1H,(H,2,3)/t31-,38-,39-;/m0./s1. The molecule has 16 heteroatoms. The van der Waals surface area contributed by atoms with Gasteiger partial charge in [-0.2, -0.15) is 0 Å². The van der Waals surface area contributed by atoms with E-state index in [2.05, 4.69) is 10.2 Å². The number of thiophene rings is 1. The first kappa shape index (κ1) is 43.0. The average molecular weight is 865 g/mol. The number of carboxylic acid groups (broad SMARTS) is 2. The van der Waals surface area contributed by atoms with Crippen LogP contribution in [0.5, 0.6) is 17.2 Å². The lowest BCUT2D eigenvalue weighted by molar-refractivity contribution is -0.904. The first-order valence-electron chi connectivity index (χ1n) is 18.7. The average Bonchev–Trinajstić information content (AvgIpc) is 3.67. The second-order valence-electron chi connectivity index (χ2n) is 14.0. The molecule has 0 saturated carbocycles. The van der Waals surface area contributed by atoms with Gasteiger partial charge < -0.3 is 39.3 Å².